The van der Waals surface area contributed by atoms with Crippen LogP contribution in [0.1, 0.15) is 64.2 Å². The van der Waals surface area contributed by atoms with Crippen LogP contribution >= 0.6 is 12.4 Å². The van der Waals surface area contributed by atoms with Crippen LogP contribution in [0.25, 0.3) is 0 Å². The SMILES string of the molecule is Cl.c1c(NCCN2CCCCCC2)nnn1C12CC3CC(CC(C3)C1)C2. The summed E-state index contributed by atoms with van der Waals surface area (Å²) in [6.45, 7) is 4.65. The van der Waals surface area contributed by atoms with Gasteiger partial charge in [-0.1, -0.05) is 18.1 Å². The first-order valence-corrected chi connectivity index (χ1v) is 10.7. The molecule has 1 aromatic heterocycles. The van der Waals surface area contributed by atoms with Gasteiger partial charge in [-0.2, -0.15) is 0 Å². The van der Waals surface area contributed by atoms with E-state index >= 15 is 0 Å². The van der Waals surface area contributed by atoms with Gasteiger partial charge in [-0.25, -0.2) is 4.68 Å². The average molecular weight is 380 g/mol. The zero-order valence-corrected chi connectivity index (χ0v) is 16.7. The first-order chi connectivity index (χ1) is 12.3. The third-order valence-corrected chi connectivity index (χ3v) is 7.42. The maximum atomic E-state index is 4.58. The highest BCUT2D eigenvalue weighted by Crippen LogP contribution is 2.58. The van der Waals surface area contributed by atoms with Crippen LogP contribution < -0.4 is 5.32 Å². The highest BCUT2D eigenvalue weighted by atomic mass is 35.5. The van der Waals surface area contributed by atoms with Gasteiger partial charge >= 0.3 is 0 Å². The van der Waals surface area contributed by atoms with Crippen molar-refractivity contribution in [3.05, 3.63) is 6.20 Å². The molecule has 0 unspecified atom stereocenters. The lowest BCUT2D eigenvalue weighted by atomic mass is 9.53. The van der Waals surface area contributed by atoms with E-state index in [1.54, 1.807) is 0 Å². The number of nitrogens with zero attached hydrogens (tertiary/aromatic N) is 4. The summed E-state index contributed by atoms with van der Waals surface area (Å²) in [4.78, 5) is 2.60. The maximum absolute atomic E-state index is 4.58. The summed E-state index contributed by atoms with van der Waals surface area (Å²) in [5.41, 5.74) is 0.298. The van der Waals surface area contributed by atoms with Crippen molar-refractivity contribution in [2.45, 2.75) is 69.7 Å². The van der Waals surface area contributed by atoms with Crippen LogP contribution in [0, 0.1) is 17.8 Å². The van der Waals surface area contributed by atoms with E-state index in [0.29, 0.717) is 5.54 Å². The normalized spacial score (nSPS) is 36.5. The zero-order chi connectivity index (χ0) is 16.7. The second-order valence-corrected chi connectivity index (χ2v) is 9.37. The summed E-state index contributed by atoms with van der Waals surface area (Å²) in [6, 6.07) is 0. The number of halogens is 1. The molecule has 1 saturated heterocycles. The molecule has 0 amide bonds. The Morgan fingerprint density at radius 2 is 1.58 bits per heavy atom. The van der Waals surface area contributed by atoms with E-state index in [2.05, 4.69) is 31.4 Å². The minimum absolute atomic E-state index is 0. The first-order valence-electron chi connectivity index (χ1n) is 10.7. The first kappa shape index (κ1) is 18.5. The van der Waals surface area contributed by atoms with E-state index in [9.17, 15) is 0 Å². The van der Waals surface area contributed by atoms with E-state index in [1.165, 1.54) is 77.3 Å². The van der Waals surface area contributed by atoms with Gasteiger partial charge in [0, 0.05) is 13.1 Å². The van der Waals surface area contributed by atoms with Crippen LogP contribution in [0.15, 0.2) is 6.20 Å². The molecule has 4 bridgehead atoms. The Morgan fingerprint density at radius 3 is 2.19 bits per heavy atom. The van der Waals surface area contributed by atoms with Gasteiger partial charge in [0.05, 0.1) is 11.7 Å². The van der Waals surface area contributed by atoms with Gasteiger partial charge in [0.1, 0.15) is 0 Å². The Balaban J connectivity index is 0.00000168. The number of hydrogen-bond donors (Lipinski definition) is 1. The van der Waals surface area contributed by atoms with Gasteiger partial charge in [-0.05, 0) is 82.2 Å². The number of rotatable bonds is 5. The quantitative estimate of drug-likeness (QED) is 0.842. The van der Waals surface area contributed by atoms with Crippen molar-refractivity contribution in [1.82, 2.24) is 19.9 Å². The van der Waals surface area contributed by atoms with Gasteiger partial charge < -0.3 is 10.2 Å². The van der Waals surface area contributed by atoms with Crippen LogP contribution in [-0.2, 0) is 5.54 Å². The maximum Gasteiger partial charge on any atom is 0.168 e. The summed E-state index contributed by atoms with van der Waals surface area (Å²) in [5.74, 6) is 3.84. The second-order valence-electron chi connectivity index (χ2n) is 9.37. The predicted octanol–water partition coefficient (Wildman–Crippen LogP) is 3.91. The summed E-state index contributed by atoms with van der Waals surface area (Å²) >= 11 is 0. The van der Waals surface area contributed by atoms with Crippen molar-refractivity contribution < 1.29 is 0 Å². The molecule has 5 aliphatic rings. The Labute approximate surface area is 163 Å². The fourth-order valence-electron chi connectivity index (χ4n) is 6.62. The van der Waals surface area contributed by atoms with Gasteiger partial charge in [0.25, 0.3) is 0 Å². The van der Waals surface area contributed by atoms with Crippen LogP contribution in [0.3, 0.4) is 0 Å². The summed E-state index contributed by atoms with van der Waals surface area (Å²) in [5, 5.41) is 12.6. The molecule has 0 atom stereocenters. The number of hydrogen-bond acceptors (Lipinski definition) is 4. The van der Waals surface area contributed by atoms with E-state index < -0.39 is 0 Å². The number of aromatic nitrogens is 3. The molecule has 4 saturated carbocycles. The van der Waals surface area contributed by atoms with Crippen molar-refractivity contribution in [2.24, 2.45) is 17.8 Å². The van der Waals surface area contributed by atoms with Gasteiger partial charge in [0.15, 0.2) is 5.82 Å². The predicted molar refractivity (Wildman–Crippen MR) is 107 cm³/mol. The lowest BCUT2D eigenvalue weighted by molar-refractivity contribution is -0.0502. The number of anilines is 1. The molecule has 4 aliphatic carbocycles. The lowest BCUT2D eigenvalue weighted by Gasteiger charge is -2.56. The average Bonchev–Trinajstić information content (AvgIpc) is 2.91. The lowest BCUT2D eigenvalue weighted by Crippen LogP contribution is -2.52. The standard InChI is InChI=1S/C20H33N5.ClH/c1-2-4-7-24(6-3-1)8-5-21-19-15-25(23-22-19)20-12-16-9-17(13-20)11-18(10-16)14-20;/h15-18,21H,1-14H2;1H. The summed E-state index contributed by atoms with van der Waals surface area (Å²) in [7, 11) is 0. The summed E-state index contributed by atoms with van der Waals surface area (Å²) < 4.78 is 2.26. The molecule has 2 heterocycles. The molecule has 6 heteroatoms. The molecule has 5 fully saturated rings. The Morgan fingerprint density at radius 1 is 0.962 bits per heavy atom. The second kappa shape index (κ2) is 7.67. The van der Waals surface area contributed by atoms with Crippen molar-refractivity contribution >= 4 is 18.2 Å². The third kappa shape index (κ3) is 3.62. The fourth-order valence-corrected chi connectivity index (χ4v) is 6.62. The van der Waals surface area contributed by atoms with Crippen molar-refractivity contribution in [1.29, 1.82) is 0 Å². The molecule has 1 aromatic rings. The Kier molecular flexibility index (Phi) is 5.47. The molecular weight excluding hydrogens is 346 g/mol. The van der Waals surface area contributed by atoms with E-state index in [0.717, 1.165) is 36.7 Å². The van der Waals surface area contributed by atoms with Crippen molar-refractivity contribution in [2.75, 3.05) is 31.5 Å². The monoisotopic (exact) mass is 379 g/mol. The van der Waals surface area contributed by atoms with Crippen LogP contribution in [0.4, 0.5) is 5.82 Å². The van der Waals surface area contributed by atoms with Crippen molar-refractivity contribution in [3.8, 4) is 0 Å². The van der Waals surface area contributed by atoms with Gasteiger partial charge in [0.2, 0.25) is 0 Å². The topological polar surface area (TPSA) is 46.0 Å². The highest BCUT2D eigenvalue weighted by molar-refractivity contribution is 5.85. The molecular formula is C20H34ClN5. The smallest absolute Gasteiger partial charge is 0.168 e. The molecule has 5 nitrogen and oxygen atoms in total. The van der Waals surface area contributed by atoms with E-state index in [1.807, 2.05) is 0 Å². The molecule has 0 aromatic carbocycles. The molecule has 0 radical (unpaired) electrons. The van der Waals surface area contributed by atoms with Gasteiger partial charge in [-0.15, -0.1) is 17.5 Å². The van der Waals surface area contributed by atoms with Crippen LogP contribution in [0.2, 0.25) is 0 Å². The van der Waals surface area contributed by atoms with E-state index in [-0.39, 0.29) is 12.4 Å². The molecule has 6 rings (SSSR count). The molecule has 0 spiro atoms. The zero-order valence-electron chi connectivity index (χ0n) is 15.9. The third-order valence-electron chi connectivity index (χ3n) is 7.42. The summed E-state index contributed by atoms with van der Waals surface area (Å²) in [6.07, 6.45) is 16.2. The Bertz CT molecular complexity index is 557. The van der Waals surface area contributed by atoms with Crippen molar-refractivity contribution in [3.63, 3.8) is 0 Å². The van der Waals surface area contributed by atoms with Crippen LogP contribution in [0.5, 0.6) is 0 Å². The fraction of sp³-hybridized carbons (Fsp3) is 0.900. The minimum Gasteiger partial charge on any atom is -0.366 e. The van der Waals surface area contributed by atoms with Crippen LogP contribution in [-0.4, -0.2) is 46.1 Å². The molecule has 1 N–H and O–H groups in total. The number of nitrogens with one attached hydrogen (secondary N) is 1. The van der Waals surface area contributed by atoms with E-state index in [4.69, 9.17) is 0 Å². The molecule has 1 aliphatic heterocycles. The molecule has 146 valence electrons. The van der Waals surface area contributed by atoms with Gasteiger partial charge in [-0.3, -0.25) is 0 Å². The highest BCUT2D eigenvalue weighted by Gasteiger charge is 2.52. The minimum atomic E-state index is 0. The Hall–Kier alpha value is -0.810. The number of likely N-dealkylation sites (tertiary alicyclic amines) is 1. The largest absolute Gasteiger partial charge is 0.366 e. The molecule has 26 heavy (non-hydrogen) atoms.